The van der Waals surface area contributed by atoms with Gasteiger partial charge in [0.2, 0.25) is 11.8 Å². The van der Waals surface area contributed by atoms with Gasteiger partial charge < -0.3 is 20.7 Å². The van der Waals surface area contributed by atoms with Gasteiger partial charge in [0.05, 0.1) is 29.7 Å². The van der Waals surface area contributed by atoms with Crippen molar-refractivity contribution >= 4 is 34.8 Å². The van der Waals surface area contributed by atoms with E-state index in [4.69, 9.17) is 22.1 Å². The van der Waals surface area contributed by atoms with Crippen molar-refractivity contribution in [2.24, 2.45) is 5.73 Å². The van der Waals surface area contributed by atoms with Crippen LogP contribution in [-0.4, -0.2) is 36.5 Å². The lowest BCUT2D eigenvalue weighted by Crippen LogP contribution is -2.48. The van der Waals surface area contributed by atoms with E-state index < -0.39 is 11.9 Å². The minimum atomic E-state index is -0.648. The smallest absolute Gasteiger partial charge is 0.254 e. The molecule has 0 bridgehead atoms. The van der Waals surface area contributed by atoms with Gasteiger partial charge in [-0.2, -0.15) is 0 Å². The Morgan fingerprint density at radius 1 is 1.42 bits per heavy atom. The molecule has 1 aromatic carbocycles. The van der Waals surface area contributed by atoms with E-state index in [1.165, 1.54) is 19.4 Å². The lowest BCUT2D eigenvalue weighted by atomic mass is 10.0. The molecule has 0 aliphatic carbocycles. The first kappa shape index (κ1) is 18.0. The molecule has 1 saturated heterocycles. The fourth-order valence-electron chi connectivity index (χ4n) is 2.99. The number of carbonyl (C=O) groups is 2. The number of primary amides is 1. The van der Waals surface area contributed by atoms with Crippen molar-refractivity contribution in [3.63, 3.8) is 0 Å². The van der Waals surface area contributed by atoms with Gasteiger partial charge in [0, 0.05) is 6.54 Å². The number of methoxy groups -OCH3 is 1. The fourth-order valence-corrected chi connectivity index (χ4v) is 3.23. The first-order valence-electron chi connectivity index (χ1n) is 8.17. The van der Waals surface area contributed by atoms with Crippen LogP contribution >= 0.6 is 11.6 Å². The highest BCUT2D eigenvalue weighted by molar-refractivity contribution is 6.33. The number of hydrogen-bond donors (Lipinski definition) is 2. The quantitative estimate of drug-likeness (QED) is 0.837. The summed E-state index contributed by atoms with van der Waals surface area (Å²) in [5.74, 6) is -0.581. The summed E-state index contributed by atoms with van der Waals surface area (Å²) in [6.45, 7) is 0.605. The molecular weight excluding hydrogens is 356 g/mol. The van der Waals surface area contributed by atoms with Crippen molar-refractivity contribution in [1.29, 1.82) is 0 Å². The zero-order valence-corrected chi connectivity index (χ0v) is 15.0. The van der Waals surface area contributed by atoms with E-state index in [0.29, 0.717) is 29.4 Å². The van der Waals surface area contributed by atoms with Crippen LogP contribution in [0, 0.1) is 0 Å². The standard InChI is InChI=1S/C18H19ClN4O3/c1-26-17-12(16(20)24)9-11(10-21-17)22-14-6-4-8-23(18(14)25)15-7-3-2-5-13(15)19/h2-3,5,7,9-10,14,22H,4,6,8H2,1H3,(H2,20,24). The van der Waals surface area contributed by atoms with Gasteiger partial charge in [0.1, 0.15) is 11.6 Å². The molecule has 2 amide bonds. The molecule has 136 valence electrons. The Kier molecular flexibility index (Phi) is 5.27. The number of aromatic nitrogens is 1. The molecule has 1 aromatic heterocycles. The molecule has 1 unspecified atom stereocenters. The monoisotopic (exact) mass is 374 g/mol. The lowest BCUT2D eigenvalue weighted by molar-refractivity contribution is -0.120. The van der Waals surface area contributed by atoms with Crippen molar-refractivity contribution in [3.8, 4) is 5.88 Å². The van der Waals surface area contributed by atoms with Crippen molar-refractivity contribution in [2.45, 2.75) is 18.9 Å². The zero-order valence-electron chi connectivity index (χ0n) is 14.2. The highest BCUT2D eigenvalue weighted by Gasteiger charge is 2.30. The molecule has 1 fully saturated rings. The number of nitrogens with zero attached hydrogens (tertiary/aromatic N) is 2. The van der Waals surface area contributed by atoms with Gasteiger partial charge in [0.15, 0.2) is 0 Å². The molecule has 0 spiro atoms. The van der Waals surface area contributed by atoms with Gasteiger partial charge in [-0.25, -0.2) is 4.98 Å². The molecular formula is C18H19ClN4O3. The molecule has 2 heterocycles. The van der Waals surface area contributed by atoms with Crippen LogP contribution in [0.25, 0.3) is 0 Å². The topological polar surface area (TPSA) is 97.6 Å². The normalized spacial score (nSPS) is 17.1. The number of amides is 2. The molecule has 1 aliphatic rings. The van der Waals surface area contributed by atoms with Crippen LogP contribution in [0.2, 0.25) is 5.02 Å². The number of nitrogens with two attached hydrogens (primary N) is 1. The summed E-state index contributed by atoms with van der Waals surface area (Å²) in [5, 5.41) is 3.67. The number of para-hydroxylation sites is 1. The average Bonchev–Trinajstić information content (AvgIpc) is 2.64. The largest absolute Gasteiger partial charge is 0.480 e. The van der Waals surface area contributed by atoms with Gasteiger partial charge in [0.25, 0.3) is 5.91 Å². The van der Waals surface area contributed by atoms with Gasteiger partial charge >= 0.3 is 0 Å². The number of pyridine rings is 1. The van der Waals surface area contributed by atoms with Crippen molar-refractivity contribution in [3.05, 3.63) is 47.1 Å². The number of halogens is 1. The number of nitrogens with one attached hydrogen (secondary N) is 1. The average molecular weight is 375 g/mol. The van der Waals surface area contributed by atoms with Crippen molar-refractivity contribution < 1.29 is 14.3 Å². The third-order valence-corrected chi connectivity index (χ3v) is 4.55. The second kappa shape index (κ2) is 7.61. The highest BCUT2D eigenvalue weighted by Crippen LogP contribution is 2.29. The number of carbonyl (C=O) groups excluding carboxylic acids is 2. The van der Waals surface area contributed by atoms with E-state index in [-0.39, 0.29) is 17.4 Å². The first-order valence-corrected chi connectivity index (χ1v) is 8.55. The van der Waals surface area contributed by atoms with E-state index in [1.54, 1.807) is 11.0 Å². The molecule has 2 aromatic rings. The maximum absolute atomic E-state index is 12.9. The van der Waals surface area contributed by atoms with Crippen LogP contribution < -0.4 is 20.7 Å². The fraction of sp³-hybridized carbons (Fsp3) is 0.278. The molecule has 26 heavy (non-hydrogen) atoms. The molecule has 7 nitrogen and oxygen atoms in total. The minimum Gasteiger partial charge on any atom is -0.480 e. The van der Waals surface area contributed by atoms with E-state index >= 15 is 0 Å². The number of anilines is 2. The molecule has 3 N–H and O–H groups in total. The maximum Gasteiger partial charge on any atom is 0.254 e. The third kappa shape index (κ3) is 3.57. The molecule has 0 radical (unpaired) electrons. The van der Waals surface area contributed by atoms with Gasteiger partial charge in [-0.1, -0.05) is 23.7 Å². The van der Waals surface area contributed by atoms with E-state index in [2.05, 4.69) is 10.3 Å². The summed E-state index contributed by atoms with van der Waals surface area (Å²) in [6, 6.07) is 8.34. The Balaban J connectivity index is 1.82. The van der Waals surface area contributed by atoms with Crippen LogP contribution in [0.3, 0.4) is 0 Å². The van der Waals surface area contributed by atoms with Crippen molar-refractivity contribution in [2.75, 3.05) is 23.9 Å². The summed E-state index contributed by atoms with van der Waals surface area (Å²) < 4.78 is 5.03. The summed E-state index contributed by atoms with van der Waals surface area (Å²) in [7, 11) is 1.41. The number of rotatable bonds is 5. The molecule has 1 atom stereocenters. The summed E-state index contributed by atoms with van der Waals surface area (Å²) in [4.78, 5) is 30.2. The minimum absolute atomic E-state index is 0.0826. The molecule has 1 aliphatic heterocycles. The number of ether oxygens (including phenoxy) is 1. The van der Waals surface area contributed by atoms with Crippen LogP contribution in [0.15, 0.2) is 36.5 Å². The predicted octanol–water partition coefficient (Wildman–Crippen LogP) is 2.45. The Morgan fingerprint density at radius 2 is 2.19 bits per heavy atom. The first-order chi connectivity index (χ1) is 12.5. The van der Waals surface area contributed by atoms with Crippen LogP contribution in [-0.2, 0) is 4.79 Å². The molecule has 8 heteroatoms. The number of piperidine rings is 1. The predicted molar refractivity (Wildman–Crippen MR) is 99.8 cm³/mol. The third-order valence-electron chi connectivity index (χ3n) is 4.23. The van der Waals surface area contributed by atoms with Crippen LogP contribution in [0.4, 0.5) is 11.4 Å². The lowest BCUT2D eigenvalue weighted by Gasteiger charge is -2.33. The second-order valence-electron chi connectivity index (χ2n) is 5.93. The Hall–Kier alpha value is -2.80. The van der Waals surface area contributed by atoms with Gasteiger partial charge in [-0.15, -0.1) is 0 Å². The number of benzene rings is 1. The van der Waals surface area contributed by atoms with E-state index in [0.717, 1.165) is 6.42 Å². The summed E-state index contributed by atoms with van der Waals surface area (Å²) in [6.07, 6.45) is 2.99. The summed E-state index contributed by atoms with van der Waals surface area (Å²) in [5.41, 5.74) is 6.73. The van der Waals surface area contributed by atoms with Crippen LogP contribution in [0.1, 0.15) is 23.2 Å². The van der Waals surface area contributed by atoms with Crippen LogP contribution in [0.5, 0.6) is 5.88 Å². The van der Waals surface area contributed by atoms with E-state index in [1.807, 2.05) is 18.2 Å². The maximum atomic E-state index is 12.9. The van der Waals surface area contributed by atoms with E-state index in [9.17, 15) is 9.59 Å². The van der Waals surface area contributed by atoms with Gasteiger partial charge in [-0.3, -0.25) is 9.59 Å². The van der Waals surface area contributed by atoms with Gasteiger partial charge in [-0.05, 0) is 31.0 Å². The number of hydrogen-bond acceptors (Lipinski definition) is 5. The second-order valence-corrected chi connectivity index (χ2v) is 6.33. The molecule has 0 saturated carbocycles. The SMILES string of the molecule is COc1ncc(NC2CCCN(c3ccccc3Cl)C2=O)cc1C(N)=O. The Bertz CT molecular complexity index is 843. The Labute approximate surface area is 156 Å². The van der Waals surface area contributed by atoms with Crippen molar-refractivity contribution in [1.82, 2.24) is 4.98 Å². The highest BCUT2D eigenvalue weighted by atomic mass is 35.5. The Morgan fingerprint density at radius 3 is 2.88 bits per heavy atom. The zero-order chi connectivity index (χ0) is 18.7. The summed E-state index contributed by atoms with van der Waals surface area (Å²) >= 11 is 6.23. The molecule has 3 rings (SSSR count).